The van der Waals surface area contributed by atoms with Crippen molar-refractivity contribution < 1.29 is 9.47 Å². The molecule has 0 bridgehead atoms. The molecule has 0 radical (unpaired) electrons. The van der Waals surface area contributed by atoms with Gasteiger partial charge in [0.15, 0.2) is 0 Å². The second kappa shape index (κ2) is 8.06. The van der Waals surface area contributed by atoms with Gasteiger partial charge in [0.05, 0.1) is 0 Å². The lowest BCUT2D eigenvalue weighted by Gasteiger charge is -2.28. The summed E-state index contributed by atoms with van der Waals surface area (Å²) < 4.78 is 10.6. The maximum Gasteiger partial charge on any atom is 0.0487 e. The molecular formula is C14H29NO2. The first-order valence-electron chi connectivity index (χ1n) is 7.00. The number of hydrogen-bond acceptors (Lipinski definition) is 3. The topological polar surface area (TPSA) is 30.5 Å². The third-order valence-corrected chi connectivity index (χ3v) is 3.74. The Labute approximate surface area is 106 Å². The summed E-state index contributed by atoms with van der Waals surface area (Å²) in [5.74, 6) is 0. The fourth-order valence-electron chi connectivity index (χ4n) is 1.79. The lowest BCUT2D eigenvalue weighted by Crippen LogP contribution is -2.33. The quantitative estimate of drug-likeness (QED) is 0.566. The molecule has 1 rings (SSSR count). The largest absolute Gasteiger partial charge is 0.385 e. The zero-order valence-electron chi connectivity index (χ0n) is 11.8. The molecule has 0 heterocycles. The zero-order valence-corrected chi connectivity index (χ0v) is 11.8. The molecular weight excluding hydrogens is 214 g/mol. The molecule has 0 amide bonds. The molecule has 1 N–H and O–H groups in total. The average molecular weight is 243 g/mol. The zero-order chi connectivity index (χ0) is 12.6. The fourth-order valence-corrected chi connectivity index (χ4v) is 1.79. The molecule has 1 fully saturated rings. The van der Waals surface area contributed by atoms with Crippen molar-refractivity contribution in [2.45, 2.75) is 52.0 Å². The highest BCUT2D eigenvalue weighted by molar-refractivity contribution is 4.85. The molecule has 3 heteroatoms. The number of methoxy groups -OCH3 is 1. The summed E-state index contributed by atoms with van der Waals surface area (Å²) in [5.41, 5.74) is 0.393. The van der Waals surface area contributed by atoms with E-state index in [2.05, 4.69) is 19.2 Å². The van der Waals surface area contributed by atoms with Gasteiger partial charge in [-0.15, -0.1) is 0 Å². The van der Waals surface area contributed by atoms with Crippen LogP contribution in [0.1, 0.15) is 46.0 Å². The van der Waals surface area contributed by atoms with Crippen LogP contribution in [-0.4, -0.2) is 39.5 Å². The van der Waals surface area contributed by atoms with Crippen LogP contribution in [0.5, 0.6) is 0 Å². The van der Waals surface area contributed by atoms with Gasteiger partial charge in [-0.25, -0.2) is 0 Å². The maximum absolute atomic E-state index is 5.65. The molecule has 1 atom stereocenters. The smallest absolute Gasteiger partial charge is 0.0487 e. The molecule has 3 nitrogen and oxygen atoms in total. The maximum atomic E-state index is 5.65. The van der Waals surface area contributed by atoms with E-state index in [4.69, 9.17) is 9.47 Å². The van der Waals surface area contributed by atoms with Crippen molar-refractivity contribution >= 4 is 0 Å². The van der Waals surface area contributed by atoms with Gasteiger partial charge in [-0.05, 0) is 37.5 Å². The van der Waals surface area contributed by atoms with Gasteiger partial charge in [0.2, 0.25) is 0 Å². The SMILES string of the molecule is CCC(C)(CCOCCCOC)CNC1CC1. The highest BCUT2D eigenvalue weighted by atomic mass is 16.5. The van der Waals surface area contributed by atoms with Crippen molar-refractivity contribution in [1.82, 2.24) is 5.32 Å². The van der Waals surface area contributed by atoms with E-state index in [-0.39, 0.29) is 0 Å². The predicted molar refractivity (Wildman–Crippen MR) is 71.4 cm³/mol. The van der Waals surface area contributed by atoms with Gasteiger partial charge >= 0.3 is 0 Å². The molecule has 1 saturated carbocycles. The molecule has 0 spiro atoms. The Morgan fingerprint density at radius 2 is 2.00 bits per heavy atom. The van der Waals surface area contributed by atoms with Gasteiger partial charge in [-0.3, -0.25) is 0 Å². The van der Waals surface area contributed by atoms with Crippen LogP contribution in [0, 0.1) is 5.41 Å². The minimum atomic E-state index is 0.393. The third-order valence-electron chi connectivity index (χ3n) is 3.74. The molecule has 1 aliphatic carbocycles. The van der Waals surface area contributed by atoms with E-state index in [0.29, 0.717) is 5.41 Å². The molecule has 17 heavy (non-hydrogen) atoms. The van der Waals surface area contributed by atoms with Crippen LogP contribution in [0.4, 0.5) is 0 Å². The van der Waals surface area contributed by atoms with Gasteiger partial charge in [0.1, 0.15) is 0 Å². The fraction of sp³-hybridized carbons (Fsp3) is 1.00. The van der Waals surface area contributed by atoms with Gasteiger partial charge in [-0.1, -0.05) is 13.8 Å². The molecule has 0 aromatic carbocycles. The Balaban J connectivity index is 2.03. The van der Waals surface area contributed by atoms with Crippen LogP contribution in [-0.2, 0) is 9.47 Å². The Bertz CT molecular complexity index is 195. The average Bonchev–Trinajstić information content (AvgIpc) is 3.15. The summed E-state index contributed by atoms with van der Waals surface area (Å²) >= 11 is 0. The third kappa shape index (κ3) is 7.02. The highest BCUT2D eigenvalue weighted by Gasteiger charge is 2.26. The number of hydrogen-bond donors (Lipinski definition) is 1. The number of ether oxygens (including phenoxy) is 2. The summed E-state index contributed by atoms with van der Waals surface area (Å²) in [6.07, 6.45) is 6.10. The first-order chi connectivity index (χ1) is 8.20. The summed E-state index contributed by atoms with van der Waals surface area (Å²) in [4.78, 5) is 0. The lowest BCUT2D eigenvalue weighted by molar-refractivity contribution is 0.0781. The summed E-state index contributed by atoms with van der Waals surface area (Å²) in [6.45, 7) is 8.27. The van der Waals surface area contributed by atoms with E-state index in [1.807, 2.05) is 0 Å². The first-order valence-corrected chi connectivity index (χ1v) is 7.00. The predicted octanol–water partition coefficient (Wildman–Crippen LogP) is 2.60. The van der Waals surface area contributed by atoms with E-state index in [1.54, 1.807) is 7.11 Å². The second-order valence-corrected chi connectivity index (χ2v) is 5.53. The Morgan fingerprint density at radius 3 is 2.59 bits per heavy atom. The Hall–Kier alpha value is -0.120. The number of rotatable bonds is 11. The first kappa shape index (κ1) is 14.9. The molecule has 102 valence electrons. The van der Waals surface area contributed by atoms with E-state index in [9.17, 15) is 0 Å². The van der Waals surface area contributed by atoms with Crippen molar-refractivity contribution in [1.29, 1.82) is 0 Å². The van der Waals surface area contributed by atoms with Gasteiger partial charge < -0.3 is 14.8 Å². The Kier molecular flexibility index (Phi) is 7.09. The normalized spacial score (nSPS) is 19.2. The highest BCUT2D eigenvalue weighted by Crippen LogP contribution is 2.27. The molecule has 1 unspecified atom stereocenters. The van der Waals surface area contributed by atoms with Crippen molar-refractivity contribution in [2.75, 3.05) is 33.5 Å². The molecule has 0 aliphatic heterocycles. The summed E-state index contributed by atoms with van der Waals surface area (Å²) in [6, 6.07) is 0.809. The van der Waals surface area contributed by atoms with Crippen LogP contribution >= 0.6 is 0 Å². The second-order valence-electron chi connectivity index (χ2n) is 5.53. The Morgan fingerprint density at radius 1 is 1.24 bits per heavy atom. The van der Waals surface area contributed by atoms with Crippen LogP contribution in [0.2, 0.25) is 0 Å². The monoisotopic (exact) mass is 243 g/mol. The van der Waals surface area contributed by atoms with Crippen LogP contribution in [0.25, 0.3) is 0 Å². The minimum Gasteiger partial charge on any atom is -0.385 e. The van der Waals surface area contributed by atoms with E-state index in [0.717, 1.165) is 45.2 Å². The van der Waals surface area contributed by atoms with Crippen molar-refractivity contribution in [3.05, 3.63) is 0 Å². The van der Waals surface area contributed by atoms with Crippen molar-refractivity contribution in [2.24, 2.45) is 5.41 Å². The van der Waals surface area contributed by atoms with E-state index < -0.39 is 0 Å². The number of nitrogens with one attached hydrogen (secondary N) is 1. The van der Waals surface area contributed by atoms with Gasteiger partial charge in [-0.2, -0.15) is 0 Å². The molecule has 1 aliphatic rings. The van der Waals surface area contributed by atoms with Crippen molar-refractivity contribution in [3.63, 3.8) is 0 Å². The lowest BCUT2D eigenvalue weighted by atomic mass is 9.84. The molecule has 0 aromatic rings. The summed E-state index contributed by atoms with van der Waals surface area (Å²) in [7, 11) is 1.73. The van der Waals surface area contributed by atoms with Crippen LogP contribution in [0.3, 0.4) is 0 Å². The van der Waals surface area contributed by atoms with E-state index in [1.165, 1.54) is 19.3 Å². The molecule has 0 aromatic heterocycles. The standard InChI is InChI=1S/C14H29NO2/c1-4-14(2,12-15-13-6-7-13)8-11-17-10-5-9-16-3/h13,15H,4-12H2,1-3H3. The van der Waals surface area contributed by atoms with Crippen LogP contribution in [0.15, 0.2) is 0 Å². The van der Waals surface area contributed by atoms with E-state index >= 15 is 0 Å². The van der Waals surface area contributed by atoms with Gasteiger partial charge in [0.25, 0.3) is 0 Å². The summed E-state index contributed by atoms with van der Waals surface area (Å²) in [5, 5.41) is 3.63. The molecule has 0 saturated heterocycles. The minimum absolute atomic E-state index is 0.393. The van der Waals surface area contributed by atoms with Gasteiger partial charge in [0, 0.05) is 39.5 Å². The van der Waals surface area contributed by atoms with Crippen molar-refractivity contribution in [3.8, 4) is 0 Å². The van der Waals surface area contributed by atoms with Crippen LogP contribution < -0.4 is 5.32 Å².